The van der Waals surface area contributed by atoms with E-state index in [0.29, 0.717) is 0 Å². The lowest BCUT2D eigenvalue weighted by molar-refractivity contribution is -0.385. The lowest BCUT2D eigenvalue weighted by Crippen LogP contribution is -2.03. The van der Waals surface area contributed by atoms with Crippen molar-refractivity contribution in [3.8, 4) is 11.6 Å². The molecule has 8 nitrogen and oxygen atoms in total. The molecule has 1 aromatic carbocycles. The summed E-state index contributed by atoms with van der Waals surface area (Å²) < 4.78 is 5.19. The minimum atomic E-state index is -1.28. The molecule has 1 heterocycles. The van der Waals surface area contributed by atoms with E-state index in [1.54, 1.807) is 0 Å². The summed E-state index contributed by atoms with van der Waals surface area (Å²) in [6, 6.07) is 5.61. The zero-order chi connectivity index (χ0) is 13.8. The predicted molar refractivity (Wildman–Crippen MR) is 62.2 cm³/mol. The number of para-hydroxylation sites is 2. The van der Waals surface area contributed by atoms with Crippen molar-refractivity contribution in [3.05, 3.63) is 52.5 Å². The highest BCUT2D eigenvalue weighted by Gasteiger charge is 2.19. The first kappa shape index (κ1) is 12.4. The molecule has 0 bridgehead atoms. The molecule has 0 saturated heterocycles. The van der Waals surface area contributed by atoms with Crippen LogP contribution < -0.4 is 4.74 Å². The summed E-state index contributed by atoms with van der Waals surface area (Å²) in [6.07, 6.45) is 2.15. The minimum Gasteiger partial charge on any atom is -0.477 e. The SMILES string of the molecule is O=C(O)c1cncnc1Oc1ccccc1[N+](=O)[O-]. The molecule has 1 aromatic heterocycles. The summed E-state index contributed by atoms with van der Waals surface area (Å²) in [5.74, 6) is -1.63. The van der Waals surface area contributed by atoms with Gasteiger partial charge in [0, 0.05) is 12.3 Å². The van der Waals surface area contributed by atoms with Gasteiger partial charge >= 0.3 is 11.7 Å². The maximum Gasteiger partial charge on any atom is 0.342 e. The minimum absolute atomic E-state index is 0.0892. The van der Waals surface area contributed by atoms with Crippen molar-refractivity contribution in [2.75, 3.05) is 0 Å². The van der Waals surface area contributed by atoms with Crippen LogP contribution in [0.5, 0.6) is 11.6 Å². The average molecular weight is 261 g/mol. The first-order valence-corrected chi connectivity index (χ1v) is 5.04. The van der Waals surface area contributed by atoms with Crippen molar-refractivity contribution in [3.63, 3.8) is 0 Å². The van der Waals surface area contributed by atoms with Crippen molar-refractivity contribution in [1.29, 1.82) is 0 Å². The molecule has 0 fully saturated rings. The number of rotatable bonds is 4. The number of carboxylic acids is 1. The molecule has 0 unspecified atom stereocenters. The summed E-state index contributed by atoms with van der Waals surface area (Å²) in [7, 11) is 0. The topological polar surface area (TPSA) is 115 Å². The molecule has 0 amide bonds. The molecule has 0 aliphatic carbocycles. The Balaban J connectivity index is 2.42. The standard InChI is InChI=1S/C11H7N3O5/c15-11(16)7-5-12-6-13-10(7)19-9-4-2-1-3-8(9)14(17)18/h1-6H,(H,15,16). The maximum absolute atomic E-state index is 10.9. The molecule has 0 spiro atoms. The second-order valence-corrected chi connectivity index (χ2v) is 3.37. The fraction of sp³-hybridized carbons (Fsp3) is 0. The normalized spacial score (nSPS) is 9.89. The Morgan fingerprint density at radius 2 is 2.11 bits per heavy atom. The number of aromatic carboxylic acids is 1. The molecule has 1 N–H and O–H groups in total. The van der Waals surface area contributed by atoms with Crippen LogP contribution in [0.4, 0.5) is 5.69 Å². The Labute approximate surface area is 106 Å². The number of carbonyl (C=O) groups is 1. The lowest BCUT2D eigenvalue weighted by Gasteiger charge is -2.06. The van der Waals surface area contributed by atoms with Crippen LogP contribution in [-0.4, -0.2) is 26.0 Å². The van der Waals surface area contributed by atoms with Crippen molar-refractivity contribution >= 4 is 11.7 Å². The zero-order valence-corrected chi connectivity index (χ0v) is 9.39. The molecule has 0 aliphatic rings. The molecule has 2 aromatic rings. The smallest absolute Gasteiger partial charge is 0.342 e. The van der Waals surface area contributed by atoms with Gasteiger partial charge in [-0.05, 0) is 6.07 Å². The van der Waals surface area contributed by atoms with E-state index in [0.717, 1.165) is 12.5 Å². The molecular weight excluding hydrogens is 254 g/mol. The van der Waals surface area contributed by atoms with Gasteiger partial charge in [-0.3, -0.25) is 10.1 Å². The maximum atomic E-state index is 10.9. The molecule has 0 saturated carbocycles. The Hall–Kier alpha value is -3.03. The second kappa shape index (κ2) is 5.08. The number of nitro benzene ring substituents is 1. The van der Waals surface area contributed by atoms with E-state index in [4.69, 9.17) is 9.84 Å². The fourth-order valence-electron chi connectivity index (χ4n) is 1.34. The first-order chi connectivity index (χ1) is 9.09. The van der Waals surface area contributed by atoms with Gasteiger partial charge < -0.3 is 9.84 Å². The zero-order valence-electron chi connectivity index (χ0n) is 9.39. The number of hydrogen-bond donors (Lipinski definition) is 1. The van der Waals surface area contributed by atoms with Crippen LogP contribution in [0.3, 0.4) is 0 Å². The number of ether oxygens (including phenoxy) is 1. The molecule has 19 heavy (non-hydrogen) atoms. The van der Waals surface area contributed by atoms with Crippen molar-refractivity contribution < 1.29 is 19.6 Å². The van der Waals surface area contributed by atoms with E-state index in [1.807, 2.05) is 0 Å². The van der Waals surface area contributed by atoms with E-state index in [2.05, 4.69) is 9.97 Å². The van der Waals surface area contributed by atoms with Gasteiger partial charge in [-0.1, -0.05) is 12.1 Å². The van der Waals surface area contributed by atoms with Crippen LogP contribution in [0, 0.1) is 10.1 Å². The van der Waals surface area contributed by atoms with Gasteiger partial charge in [0.2, 0.25) is 11.6 Å². The lowest BCUT2D eigenvalue weighted by atomic mass is 10.3. The van der Waals surface area contributed by atoms with Gasteiger partial charge in [0.15, 0.2) is 0 Å². The Morgan fingerprint density at radius 1 is 1.37 bits per heavy atom. The Morgan fingerprint density at radius 3 is 2.79 bits per heavy atom. The molecule has 96 valence electrons. The van der Waals surface area contributed by atoms with Crippen LogP contribution in [-0.2, 0) is 0 Å². The van der Waals surface area contributed by atoms with E-state index >= 15 is 0 Å². The molecule has 0 atom stereocenters. The average Bonchev–Trinajstić information content (AvgIpc) is 2.39. The van der Waals surface area contributed by atoms with Gasteiger partial charge in [-0.15, -0.1) is 0 Å². The van der Waals surface area contributed by atoms with Crippen LogP contribution in [0.15, 0.2) is 36.8 Å². The third-order valence-electron chi connectivity index (χ3n) is 2.17. The number of carboxylic acid groups (broad SMARTS) is 1. The van der Waals surface area contributed by atoms with E-state index < -0.39 is 10.9 Å². The van der Waals surface area contributed by atoms with Crippen molar-refractivity contribution in [1.82, 2.24) is 9.97 Å². The summed E-state index contributed by atoms with van der Waals surface area (Å²) >= 11 is 0. The van der Waals surface area contributed by atoms with Gasteiger partial charge in [0.1, 0.15) is 11.9 Å². The van der Waals surface area contributed by atoms with E-state index in [9.17, 15) is 14.9 Å². The highest BCUT2D eigenvalue weighted by atomic mass is 16.6. The summed E-state index contributed by atoms with van der Waals surface area (Å²) in [5.41, 5.74) is -0.557. The van der Waals surface area contributed by atoms with E-state index in [1.165, 1.54) is 24.3 Å². The molecule has 0 aliphatic heterocycles. The van der Waals surface area contributed by atoms with Crippen LogP contribution in [0.25, 0.3) is 0 Å². The third-order valence-corrected chi connectivity index (χ3v) is 2.17. The molecule has 8 heteroatoms. The molecule has 2 rings (SSSR count). The van der Waals surface area contributed by atoms with Gasteiger partial charge in [-0.2, -0.15) is 0 Å². The van der Waals surface area contributed by atoms with Gasteiger partial charge in [-0.25, -0.2) is 14.8 Å². The summed E-state index contributed by atoms with van der Waals surface area (Å²) in [4.78, 5) is 28.3. The summed E-state index contributed by atoms with van der Waals surface area (Å²) in [6.45, 7) is 0. The highest BCUT2D eigenvalue weighted by molar-refractivity contribution is 5.89. The van der Waals surface area contributed by atoms with Crippen LogP contribution in [0.1, 0.15) is 10.4 Å². The number of aromatic nitrogens is 2. The number of nitrogens with zero attached hydrogens (tertiary/aromatic N) is 3. The highest BCUT2D eigenvalue weighted by Crippen LogP contribution is 2.30. The van der Waals surface area contributed by atoms with Gasteiger partial charge in [0.05, 0.1) is 4.92 Å². The number of nitro groups is 1. The molecular formula is C11H7N3O5. The quantitative estimate of drug-likeness (QED) is 0.659. The van der Waals surface area contributed by atoms with Gasteiger partial charge in [0.25, 0.3) is 0 Å². The van der Waals surface area contributed by atoms with Crippen LogP contribution >= 0.6 is 0 Å². The number of hydrogen-bond acceptors (Lipinski definition) is 6. The molecule has 0 radical (unpaired) electrons. The predicted octanol–water partition coefficient (Wildman–Crippen LogP) is 1.88. The Bertz CT molecular complexity index is 588. The largest absolute Gasteiger partial charge is 0.477 e. The van der Waals surface area contributed by atoms with Crippen LogP contribution in [0.2, 0.25) is 0 Å². The summed E-state index contributed by atoms with van der Waals surface area (Å²) in [5, 5.41) is 19.7. The first-order valence-electron chi connectivity index (χ1n) is 5.04. The van der Waals surface area contributed by atoms with E-state index in [-0.39, 0.29) is 22.9 Å². The fourth-order valence-corrected chi connectivity index (χ4v) is 1.34. The third kappa shape index (κ3) is 2.63. The second-order valence-electron chi connectivity index (χ2n) is 3.37. The Kier molecular flexibility index (Phi) is 3.33. The number of benzene rings is 1. The monoisotopic (exact) mass is 261 g/mol. The van der Waals surface area contributed by atoms with Crippen molar-refractivity contribution in [2.24, 2.45) is 0 Å². The van der Waals surface area contributed by atoms with Crippen molar-refractivity contribution in [2.45, 2.75) is 0 Å².